The van der Waals surface area contributed by atoms with Crippen molar-refractivity contribution in [3.8, 4) is 34.3 Å². The summed E-state index contributed by atoms with van der Waals surface area (Å²) in [5.74, 6) is -0.133. The first kappa shape index (κ1) is 28.6. The van der Waals surface area contributed by atoms with Crippen LogP contribution in [0, 0.1) is 0 Å². The van der Waals surface area contributed by atoms with Crippen LogP contribution in [0.2, 0.25) is 5.02 Å². The minimum atomic E-state index is -1.17. The van der Waals surface area contributed by atoms with Gasteiger partial charge in [-0.2, -0.15) is 10.2 Å². The molecule has 0 radical (unpaired) electrons. The van der Waals surface area contributed by atoms with Gasteiger partial charge in [0.15, 0.2) is 5.78 Å². The third-order valence-electron chi connectivity index (χ3n) is 6.24. The largest absolute Gasteiger partial charge is 1.00 e. The van der Waals surface area contributed by atoms with Crippen molar-refractivity contribution in [1.29, 1.82) is 0 Å². The molecule has 2 heterocycles. The molecular formula is C29H22ClN2NaO6. The number of Topliss-reactive ketones (excluding diaryl/α,β-unsaturated/α-hetero) is 1. The van der Waals surface area contributed by atoms with Crippen LogP contribution in [0.4, 0.5) is 0 Å². The summed E-state index contributed by atoms with van der Waals surface area (Å²) in [6.45, 7) is 0.262. The number of carbonyl (C=O) groups excluding carboxylic acids is 2. The fourth-order valence-electron chi connectivity index (χ4n) is 4.19. The van der Waals surface area contributed by atoms with E-state index in [1.54, 1.807) is 43.5 Å². The summed E-state index contributed by atoms with van der Waals surface area (Å²) in [5, 5.41) is 20.1. The maximum Gasteiger partial charge on any atom is 1.00 e. The van der Waals surface area contributed by atoms with Crippen LogP contribution in [-0.4, -0.2) is 35.7 Å². The number of benzene rings is 3. The summed E-state index contributed by atoms with van der Waals surface area (Å²) in [6, 6.07) is 20.8. The number of ketones is 1. The Balaban J connectivity index is 0.00000353. The van der Waals surface area contributed by atoms with Gasteiger partial charge in [0.05, 0.1) is 36.5 Å². The van der Waals surface area contributed by atoms with Crippen molar-refractivity contribution in [1.82, 2.24) is 10.2 Å². The van der Waals surface area contributed by atoms with Crippen molar-refractivity contribution in [2.75, 3.05) is 13.7 Å². The number of ether oxygens (including phenoxy) is 3. The SMILES string of the molecule is COc1ccc(-c2ccc(CC(=O)c3ccc(Oc4cc5c(cc4Cl)C(C(=O)[O-])CCO5)cc3)nn2)cc1.[Na+]. The first-order valence-corrected chi connectivity index (χ1v) is 12.2. The summed E-state index contributed by atoms with van der Waals surface area (Å²) < 4.78 is 16.6. The van der Waals surface area contributed by atoms with Gasteiger partial charge in [0, 0.05) is 34.6 Å². The molecule has 0 spiro atoms. The second-order valence-electron chi connectivity index (χ2n) is 8.69. The van der Waals surface area contributed by atoms with Gasteiger partial charge in [-0.3, -0.25) is 4.79 Å². The normalized spacial score (nSPS) is 13.8. The average Bonchev–Trinajstić information content (AvgIpc) is 2.94. The van der Waals surface area contributed by atoms with Crippen molar-refractivity contribution in [2.24, 2.45) is 0 Å². The predicted octanol–water partition coefficient (Wildman–Crippen LogP) is 1.64. The maximum atomic E-state index is 12.8. The van der Waals surface area contributed by atoms with E-state index in [-0.39, 0.29) is 53.4 Å². The number of carboxylic acid groups (broad SMARTS) is 1. The van der Waals surface area contributed by atoms with Gasteiger partial charge in [-0.1, -0.05) is 11.6 Å². The molecule has 0 fully saturated rings. The van der Waals surface area contributed by atoms with Crippen molar-refractivity contribution >= 4 is 23.4 Å². The van der Waals surface area contributed by atoms with Crippen LogP contribution in [-0.2, 0) is 11.2 Å². The molecule has 1 aromatic heterocycles. The van der Waals surface area contributed by atoms with Crippen molar-refractivity contribution in [3.63, 3.8) is 0 Å². The van der Waals surface area contributed by atoms with E-state index >= 15 is 0 Å². The Kier molecular flexibility index (Phi) is 9.24. The van der Waals surface area contributed by atoms with E-state index in [1.807, 2.05) is 30.3 Å². The molecule has 0 N–H and O–H groups in total. The van der Waals surface area contributed by atoms with Gasteiger partial charge in [-0.15, -0.1) is 0 Å². The van der Waals surface area contributed by atoms with E-state index in [1.165, 1.54) is 6.07 Å². The van der Waals surface area contributed by atoms with Gasteiger partial charge in [0.2, 0.25) is 0 Å². The zero-order valence-electron chi connectivity index (χ0n) is 21.3. The fourth-order valence-corrected chi connectivity index (χ4v) is 4.40. The van der Waals surface area contributed by atoms with Crippen LogP contribution < -0.4 is 48.9 Å². The first-order valence-electron chi connectivity index (χ1n) is 11.9. The predicted molar refractivity (Wildman–Crippen MR) is 138 cm³/mol. The van der Waals surface area contributed by atoms with Gasteiger partial charge < -0.3 is 24.1 Å². The molecule has 0 aliphatic carbocycles. The van der Waals surface area contributed by atoms with Crippen LogP contribution in [0.25, 0.3) is 11.3 Å². The molecule has 10 heteroatoms. The third-order valence-corrected chi connectivity index (χ3v) is 6.54. The molecule has 4 aromatic rings. The van der Waals surface area contributed by atoms with E-state index in [0.29, 0.717) is 46.2 Å². The molecule has 5 rings (SSSR count). The Morgan fingerprint density at radius 2 is 1.72 bits per heavy atom. The first-order chi connectivity index (χ1) is 18.4. The van der Waals surface area contributed by atoms with E-state index < -0.39 is 11.9 Å². The minimum absolute atomic E-state index is 0. The topological polar surface area (TPSA) is 111 Å². The summed E-state index contributed by atoms with van der Waals surface area (Å²) in [4.78, 5) is 24.2. The molecular weight excluding hydrogens is 531 g/mol. The summed E-state index contributed by atoms with van der Waals surface area (Å²) in [5.41, 5.74) is 3.12. The molecule has 39 heavy (non-hydrogen) atoms. The van der Waals surface area contributed by atoms with E-state index in [9.17, 15) is 14.7 Å². The molecule has 0 saturated carbocycles. The van der Waals surface area contributed by atoms with E-state index in [2.05, 4.69) is 10.2 Å². The summed E-state index contributed by atoms with van der Waals surface area (Å²) >= 11 is 6.35. The average molecular weight is 553 g/mol. The maximum absolute atomic E-state index is 12.8. The standard InChI is InChI=1S/C29H23ClN2O6.Na/c1-36-20-7-2-17(3-8-20)25-11-6-19(31-32-25)14-26(33)18-4-9-21(10-5-18)38-28-16-27-23(15-24(28)30)22(29(34)35)12-13-37-27;/h2-11,15-16,22H,12-14H2,1H3,(H,34,35);/q;+1/p-1. The minimum Gasteiger partial charge on any atom is -0.549 e. The molecule has 1 unspecified atom stereocenters. The number of rotatable bonds is 8. The fraction of sp³-hybridized carbons (Fsp3) is 0.172. The Morgan fingerprint density at radius 1 is 1.00 bits per heavy atom. The van der Waals surface area contributed by atoms with Crippen LogP contribution in [0.15, 0.2) is 72.8 Å². The summed E-state index contributed by atoms with van der Waals surface area (Å²) in [7, 11) is 1.61. The number of aromatic nitrogens is 2. The second kappa shape index (κ2) is 12.6. The van der Waals surface area contributed by atoms with Crippen LogP contribution in [0.5, 0.6) is 23.0 Å². The number of methoxy groups -OCH3 is 1. The Labute approximate surface area is 252 Å². The zero-order chi connectivity index (χ0) is 26.6. The van der Waals surface area contributed by atoms with Crippen molar-refractivity contribution in [3.05, 3.63) is 94.6 Å². The Hall–Kier alpha value is -3.43. The molecule has 1 aliphatic rings. The number of halogens is 1. The Morgan fingerprint density at radius 3 is 2.36 bits per heavy atom. The number of carbonyl (C=O) groups is 2. The van der Waals surface area contributed by atoms with Crippen LogP contribution in [0.3, 0.4) is 0 Å². The molecule has 8 nitrogen and oxygen atoms in total. The Bertz CT molecular complexity index is 1480. The number of carboxylic acids is 1. The smallest absolute Gasteiger partial charge is 0.549 e. The molecule has 1 atom stereocenters. The van der Waals surface area contributed by atoms with Crippen molar-refractivity contribution < 1.29 is 58.5 Å². The van der Waals surface area contributed by atoms with Gasteiger partial charge >= 0.3 is 29.6 Å². The molecule has 0 saturated heterocycles. The van der Waals surface area contributed by atoms with E-state index in [4.69, 9.17) is 25.8 Å². The zero-order valence-corrected chi connectivity index (χ0v) is 24.1. The number of aliphatic carboxylic acids is 1. The number of nitrogens with zero attached hydrogens (tertiary/aromatic N) is 2. The molecule has 1 aliphatic heterocycles. The second-order valence-corrected chi connectivity index (χ2v) is 9.10. The third kappa shape index (κ3) is 6.59. The quantitative estimate of drug-likeness (QED) is 0.240. The van der Waals surface area contributed by atoms with Crippen LogP contribution >= 0.6 is 11.6 Å². The van der Waals surface area contributed by atoms with Crippen molar-refractivity contribution in [2.45, 2.75) is 18.8 Å². The summed E-state index contributed by atoms with van der Waals surface area (Å²) in [6.07, 6.45) is 0.420. The molecule has 0 bridgehead atoms. The number of fused-ring (bicyclic) bond motifs is 1. The van der Waals surface area contributed by atoms with E-state index in [0.717, 1.165) is 11.3 Å². The molecule has 0 amide bonds. The van der Waals surface area contributed by atoms with Gasteiger partial charge in [-0.05, 0) is 73.2 Å². The van der Waals surface area contributed by atoms with Gasteiger partial charge in [0.1, 0.15) is 23.0 Å². The monoisotopic (exact) mass is 552 g/mol. The van der Waals surface area contributed by atoms with Gasteiger partial charge in [0.25, 0.3) is 0 Å². The number of hydrogen-bond donors (Lipinski definition) is 0. The number of hydrogen-bond acceptors (Lipinski definition) is 8. The molecule has 192 valence electrons. The molecule has 3 aromatic carbocycles. The van der Waals surface area contributed by atoms with Gasteiger partial charge in [-0.25, -0.2) is 0 Å². The van der Waals surface area contributed by atoms with Crippen LogP contribution in [0.1, 0.15) is 34.0 Å².